The highest BCUT2D eigenvalue weighted by Crippen LogP contribution is 2.12. The Morgan fingerprint density at radius 2 is 2.00 bits per heavy atom. The first-order valence-corrected chi connectivity index (χ1v) is 8.67. The molecule has 0 saturated carbocycles. The number of hydrogen-bond acceptors (Lipinski definition) is 3. The van der Waals surface area contributed by atoms with Gasteiger partial charge in [0.25, 0.3) is 0 Å². The zero-order valence-corrected chi connectivity index (χ0v) is 14.9. The van der Waals surface area contributed by atoms with Gasteiger partial charge in [-0.3, -0.25) is 4.79 Å². The number of pyridine rings is 1. The Labute approximate surface area is 145 Å². The number of aromatic nitrogens is 1. The zero-order chi connectivity index (χ0) is 17.4. The molecule has 0 saturated heterocycles. The lowest BCUT2D eigenvalue weighted by Crippen LogP contribution is -2.36. The van der Waals surface area contributed by atoms with Crippen molar-refractivity contribution in [1.29, 1.82) is 0 Å². The Kier molecular flexibility index (Phi) is 7.13. The van der Waals surface area contributed by atoms with E-state index in [1.807, 2.05) is 62.1 Å². The molecule has 2 aromatic rings. The summed E-state index contributed by atoms with van der Waals surface area (Å²) in [6, 6.07) is 11.9. The maximum atomic E-state index is 12.6. The summed E-state index contributed by atoms with van der Waals surface area (Å²) in [7, 11) is 3.80. The standard InChI is InChI=1S/C19H27BN2O2/c1-3-15(9-11-21-2)13-22-12-10-17(18(20)19(22)23)24-14-16-7-5-4-6-8-16/h4-8,10,12,15,21H,3,9,11,13-14,20H2,1-2H3. The Morgan fingerprint density at radius 1 is 1.25 bits per heavy atom. The molecule has 0 bridgehead atoms. The van der Waals surface area contributed by atoms with Crippen molar-refractivity contribution < 1.29 is 4.74 Å². The minimum atomic E-state index is 0.0449. The van der Waals surface area contributed by atoms with Gasteiger partial charge >= 0.3 is 0 Å². The minimum Gasteiger partial charge on any atom is -0.489 e. The van der Waals surface area contributed by atoms with Crippen LogP contribution in [0.3, 0.4) is 0 Å². The molecule has 0 radical (unpaired) electrons. The van der Waals surface area contributed by atoms with Gasteiger partial charge in [-0.1, -0.05) is 43.7 Å². The van der Waals surface area contributed by atoms with E-state index >= 15 is 0 Å². The van der Waals surface area contributed by atoms with E-state index in [2.05, 4.69) is 12.2 Å². The molecule has 0 aliphatic carbocycles. The van der Waals surface area contributed by atoms with E-state index in [9.17, 15) is 4.79 Å². The van der Waals surface area contributed by atoms with E-state index in [-0.39, 0.29) is 5.56 Å². The molecule has 0 fully saturated rings. The number of ether oxygens (including phenoxy) is 1. The monoisotopic (exact) mass is 326 g/mol. The van der Waals surface area contributed by atoms with Crippen LogP contribution >= 0.6 is 0 Å². The number of rotatable bonds is 9. The average Bonchev–Trinajstić information content (AvgIpc) is 2.62. The molecule has 128 valence electrons. The highest BCUT2D eigenvalue weighted by atomic mass is 16.5. The first-order valence-electron chi connectivity index (χ1n) is 8.67. The van der Waals surface area contributed by atoms with E-state index in [0.717, 1.165) is 31.5 Å². The van der Waals surface area contributed by atoms with Crippen molar-refractivity contribution in [3.63, 3.8) is 0 Å². The van der Waals surface area contributed by atoms with Crippen molar-refractivity contribution in [2.45, 2.75) is 32.9 Å². The molecule has 1 atom stereocenters. The topological polar surface area (TPSA) is 43.3 Å². The van der Waals surface area contributed by atoms with Gasteiger partial charge < -0.3 is 14.6 Å². The van der Waals surface area contributed by atoms with Gasteiger partial charge in [0, 0.05) is 18.2 Å². The second kappa shape index (κ2) is 9.33. The van der Waals surface area contributed by atoms with Crippen LogP contribution in [0.2, 0.25) is 0 Å². The van der Waals surface area contributed by atoms with Crippen LogP contribution < -0.4 is 21.1 Å². The van der Waals surface area contributed by atoms with Crippen LogP contribution in [0.4, 0.5) is 0 Å². The molecule has 5 heteroatoms. The van der Waals surface area contributed by atoms with Crippen LogP contribution in [0, 0.1) is 5.92 Å². The van der Waals surface area contributed by atoms with Gasteiger partial charge in [-0.05, 0) is 37.6 Å². The van der Waals surface area contributed by atoms with E-state index in [1.165, 1.54) is 0 Å². The smallest absolute Gasteiger partial charge is 0.247 e. The molecule has 0 spiro atoms. The van der Waals surface area contributed by atoms with Gasteiger partial charge in [-0.25, -0.2) is 0 Å². The van der Waals surface area contributed by atoms with E-state index in [1.54, 1.807) is 0 Å². The van der Waals surface area contributed by atoms with Crippen molar-refractivity contribution in [3.05, 3.63) is 58.5 Å². The van der Waals surface area contributed by atoms with Crippen molar-refractivity contribution in [3.8, 4) is 5.75 Å². The Bertz CT molecular complexity index is 686. The summed E-state index contributed by atoms with van der Waals surface area (Å²) in [5, 5.41) is 3.18. The summed E-state index contributed by atoms with van der Waals surface area (Å²) >= 11 is 0. The van der Waals surface area contributed by atoms with Crippen LogP contribution in [-0.4, -0.2) is 26.0 Å². The van der Waals surface area contributed by atoms with E-state index < -0.39 is 0 Å². The van der Waals surface area contributed by atoms with Crippen molar-refractivity contribution >= 4 is 13.3 Å². The Morgan fingerprint density at radius 3 is 2.67 bits per heavy atom. The van der Waals surface area contributed by atoms with Crippen molar-refractivity contribution in [1.82, 2.24) is 9.88 Å². The molecule has 1 aromatic carbocycles. The predicted octanol–water partition coefficient (Wildman–Crippen LogP) is 1.32. The largest absolute Gasteiger partial charge is 0.489 e. The van der Waals surface area contributed by atoms with Crippen LogP contribution in [-0.2, 0) is 13.2 Å². The van der Waals surface area contributed by atoms with Gasteiger partial charge in [0.05, 0.1) is 0 Å². The molecule has 0 aliphatic rings. The van der Waals surface area contributed by atoms with Gasteiger partial charge in [-0.15, -0.1) is 0 Å². The maximum Gasteiger partial charge on any atom is 0.247 e. The molecule has 4 nitrogen and oxygen atoms in total. The molecular weight excluding hydrogens is 299 g/mol. The van der Waals surface area contributed by atoms with Crippen LogP contribution in [0.1, 0.15) is 25.3 Å². The molecule has 0 amide bonds. The molecule has 1 unspecified atom stereocenters. The minimum absolute atomic E-state index is 0.0449. The van der Waals surface area contributed by atoms with E-state index in [0.29, 0.717) is 23.7 Å². The molecule has 1 N–H and O–H groups in total. The van der Waals surface area contributed by atoms with Crippen LogP contribution in [0.15, 0.2) is 47.4 Å². The molecular formula is C19H27BN2O2. The third kappa shape index (κ3) is 5.00. The highest BCUT2D eigenvalue weighted by molar-refractivity contribution is 6.33. The van der Waals surface area contributed by atoms with Gasteiger partial charge in [0.1, 0.15) is 12.4 Å². The van der Waals surface area contributed by atoms with Crippen LogP contribution in [0.25, 0.3) is 0 Å². The van der Waals surface area contributed by atoms with E-state index in [4.69, 9.17) is 4.74 Å². The molecule has 24 heavy (non-hydrogen) atoms. The normalized spacial score (nSPS) is 12.1. The second-order valence-corrected chi connectivity index (χ2v) is 6.20. The lowest BCUT2D eigenvalue weighted by Gasteiger charge is -2.18. The average molecular weight is 326 g/mol. The summed E-state index contributed by atoms with van der Waals surface area (Å²) < 4.78 is 7.65. The third-order valence-corrected chi connectivity index (χ3v) is 4.43. The fourth-order valence-electron chi connectivity index (χ4n) is 2.76. The molecule has 2 rings (SSSR count). The fourth-order valence-corrected chi connectivity index (χ4v) is 2.76. The van der Waals surface area contributed by atoms with Crippen molar-refractivity contribution in [2.75, 3.05) is 13.6 Å². The lowest BCUT2D eigenvalue weighted by molar-refractivity contribution is 0.307. The Balaban J connectivity index is 2.06. The fraction of sp³-hybridized carbons (Fsp3) is 0.421. The predicted molar refractivity (Wildman–Crippen MR) is 102 cm³/mol. The third-order valence-electron chi connectivity index (χ3n) is 4.43. The number of nitrogens with zero attached hydrogens (tertiary/aromatic N) is 1. The number of nitrogens with one attached hydrogen (secondary N) is 1. The SMILES string of the molecule is Bc1c(OCc2ccccc2)ccn(CC(CC)CCNC)c1=O. The molecule has 0 aliphatic heterocycles. The summed E-state index contributed by atoms with van der Waals surface area (Å²) in [6.07, 6.45) is 4.00. The van der Waals surface area contributed by atoms with Crippen LogP contribution in [0.5, 0.6) is 5.75 Å². The first-order chi connectivity index (χ1) is 11.7. The highest BCUT2D eigenvalue weighted by Gasteiger charge is 2.11. The summed E-state index contributed by atoms with van der Waals surface area (Å²) in [4.78, 5) is 12.6. The molecule has 1 aromatic heterocycles. The van der Waals surface area contributed by atoms with Gasteiger partial charge in [0.15, 0.2) is 7.85 Å². The zero-order valence-electron chi connectivity index (χ0n) is 14.9. The molecule has 1 heterocycles. The maximum absolute atomic E-state index is 12.6. The quantitative estimate of drug-likeness (QED) is 0.707. The van der Waals surface area contributed by atoms with Crippen molar-refractivity contribution in [2.24, 2.45) is 5.92 Å². The number of benzene rings is 1. The van der Waals surface area contributed by atoms with Gasteiger partial charge in [0.2, 0.25) is 5.56 Å². The first kappa shape index (κ1) is 18.3. The lowest BCUT2D eigenvalue weighted by atomic mass is 9.96. The Hall–Kier alpha value is -2.01. The van der Waals surface area contributed by atoms with Gasteiger partial charge in [-0.2, -0.15) is 0 Å². The summed E-state index contributed by atoms with van der Waals surface area (Å²) in [6.45, 7) is 4.39. The summed E-state index contributed by atoms with van der Waals surface area (Å²) in [5.74, 6) is 1.18. The second-order valence-electron chi connectivity index (χ2n) is 6.20. The number of hydrogen-bond donors (Lipinski definition) is 1. The summed E-state index contributed by atoms with van der Waals surface area (Å²) in [5.41, 5.74) is 1.82.